The lowest BCUT2D eigenvalue weighted by molar-refractivity contribution is -0.384. The van der Waals surface area contributed by atoms with Gasteiger partial charge < -0.3 is 14.7 Å². The summed E-state index contributed by atoms with van der Waals surface area (Å²) >= 11 is 0. The van der Waals surface area contributed by atoms with E-state index in [1.54, 1.807) is 12.1 Å². The second-order valence-electron chi connectivity index (χ2n) is 4.31. The van der Waals surface area contributed by atoms with Gasteiger partial charge in [0.05, 0.1) is 24.1 Å². The largest absolute Gasteiger partial charge is 0.481 e. The van der Waals surface area contributed by atoms with Crippen molar-refractivity contribution in [1.29, 1.82) is 0 Å². The molecule has 1 aromatic rings. The molecular formula is C12H14N2O5. The predicted molar refractivity (Wildman–Crippen MR) is 67.3 cm³/mol. The van der Waals surface area contributed by atoms with Crippen LogP contribution >= 0.6 is 0 Å². The smallest absolute Gasteiger partial charge is 0.306 e. The number of anilines is 1. The molecule has 7 heteroatoms. The molecule has 0 saturated carbocycles. The number of rotatable bonds is 4. The van der Waals surface area contributed by atoms with Crippen molar-refractivity contribution in [2.24, 2.45) is 0 Å². The van der Waals surface area contributed by atoms with Crippen molar-refractivity contribution in [1.82, 2.24) is 0 Å². The number of nitrogens with zero attached hydrogens (tertiary/aromatic N) is 2. The number of hydrogen-bond acceptors (Lipinski definition) is 5. The molecule has 1 aliphatic heterocycles. The molecule has 102 valence electrons. The molecule has 19 heavy (non-hydrogen) atoms. The molecule has 0 amide bonds. The van der Waals surface area contributed by atoms with E-state index in [2.05, 4.69) is 0 Å². The molecule has 1 fully saturated rings. The fourth-order valence-corrected chi connectivity index (χ4v) is 2.06. The third-order valence-corrected chi connectivity index (χ3v) is 2.97. The summed E-state index contributed by atoms with van der Waals surface area (Å²) in [5.74, 6) is -0.893. The van der Waals surface area contributed by atoms with Crippen LogP contribution in [0.1, 0.15) is 6.42 Å². The second kappa shape index (κ2) is 5.66. The van der Waals surface area contributed by atoms with Crippen LogP contribution in [0.5, 0.6) is 0 Å². The zero-order valence-corrected chi connectivity index (χ0v) is 10.2. The van der Waals surface area contributed by atoms with Gasteiger partial charge >= 0.3 is 5.97 Å². The van der Waals surface area contributed by atoms with Crippen LogP contribution in [0.25, 0.3) is 0 Å². The fourth-order valence-electron chi connectivity index (χ4n) is 2.06. The Hall–Kier alpha value is -2.15. The van der Waals surface area contributed by atoms with Crippen LogP contribution in [0, 0.1) is 10.1 Å². The molecule has 1 heterocycles. The van der Waals surface area contributed by atoms with Gasteiger partial charge in [-0.1, -0.05) is 0 Å². The van der Waals surface area contributed by atoms with E-state index in [-0.39, 0.29) is 18.2 Å². The summed E-state index contributed by atoms with van der Waals surface area (Å²) in [4.78, 5) is 22.8. The Balaban J connectivity index is 2.04. The van der Waals surface area contributed by atoms with Gasteiger partial charge in [0, 0.05) is 30.9 Å². The highest BCUT2D eigenvalue weighted by Gasteiger charge is 2.23. The molecule has 1 saturated heterocycles. The van der Waals surface area contributed by atoms with E-state index >= 15 is 0 Å². The van der Waals surface area contributed by atoms with E-state index in [0.29, 0.717) is 19.7 Å². The Kier molecular flexibility index (Phi) is 3.96. The van der Waals surface area contributed by atoms with E-state index in [4.69, 9.17) is 9.84 Å². The van der Waals surface area contributed by atoms with Crippen LogP contribution in [0.15, 0.2) is 24.3 Å². The third-order valence-electron chi connectivity index (χ3n) is 2.97. The summed E-state index contributed by atoms with van der Waals surface area (Å²) in [5, 5.41) is 19.3. The fraction of sp³-hybridized carbons (Fsp3) is 0.417. The first kappa shape index (κ1) is 13.3. The molecule has 0 spiro atoms. The Morgan fingerprint density at radius 3 is 2.74 bits per heavy atom. The molecular weight excluding hydrogens is 252 g/mol. The van der Waals surface area contributed by atoms with Crippen molar-refractivity contribution in [3.05, 3.63) is 34.4 Å². The lowest BCUT2D eigenvalue weighted by atomic mass is 10.2. The van der Waals surface area contributed by atoms with E-state index in [1.807, 2.05) is 4.90 Å². The van der Waals surface area contributed by atoms with Gasteiger partial charge in [-0.05, 0) is 12.1 Å². The first-order valence-electron chi connectivity index (χ1n) is 5.89. The van der Waals surface area contributed by atoms with E-state index in [9.17, 15) is 14.9 Å². The van der Waals surface area contributed by atoms with Gasteiger partial charge in [0.2, 0.25) is 0 Å². The Bertz CT molecular complexity index is 474. The molecule has 7 nitrogen and oxygen atoms in total. The van der Waals surface area contributed by atoms with Crippen molar-refractivity contribution < 1.29 is 19.6 Å². The van der Waals surface area contributed by atoms with Gasteiger partial charge in [-0.15, -0.1) is 0 Å². The minimum absolute atomic E-state index is 0.0382. The highest BCUT2D eigenvalue weighted by atomic mass is 16.6. The number of hydrogen-bond donors (Lipinski definition) is 1. The SMILES string of the molecule is O=C(O)CC1CN(c2ccc([N+](=O)[O-])cc2)CCO1. The number of carbonyl (C=O) groups is 1. The van der Waals surface area contributed by atoms with Crippen LogP contribution < -0.4 is 4.90 Å². The number of ether oxygens (including phenoxy) is 1. The molecule has 0 bridgehead atoms. The van der Waals surface area contributed by atoms with E-state index in [1.165, 1.54) is 12.1 Å². The maximum atomic E-state index is 10.7. The Morgan fingerprint density at radius 2 is 2.16 bits per heavy atom. The van der Waals surface area contributed by atoms with Gasteiger partial charge in [0.25, 0.3) is 5.69 Å². The molecule has 1 N–H and O–H groups in total. The molecule has 0 radical (unpaired) electrons. The molecule has 1 aromatic carbocycles. The van der Waals surface area contributed by atoms with Gasteiger partial charge in [0.1, 0.15) is 0 Å². The molecule has 1 unspecified atom stereocenters. The average molecular weight is 266 g/mol. The maximum Gasteiger partial charge on any atom is 0.306 e. The minimum Gasteiger partial charge on any atom is -0.481 e. The summed E-state index contributed by atoms with van der Waals surface area (Å²) < 4.78 is 5.37. The molecule has 0 aromatic heterocycles. The van der Waals surface area contributed by atoms with Crippen molar-refractivity contribution in [2.75, 3.05) is 24.6 Å². The topological polar surface area (TPSA) is 92.9 Å². The second-order valence-corrected chi connectivity index (χ2v) is 4.31. The minimum atomic E-state index is -0.893. The average Bonchev–Trinajstić information content (AvgIpc) is 2.38. The zero-order chi connectivity index (χ0) is 13.8. The standard InChI is InChI=1S/C12H14N2O5/c15-12(16)7-11-8-13(5-6-19-11)9-1-3-10(4-2-9)14(17)18/h1-4,11H,5-8H2,(H,15,16). The molecule has 2 rings (SSSR count). The lowest BCUT2D eigenvalue weighted by Crippen LogP contribution is -2.43. The number of morpholine rings is 1. The summed E-state index contributed by atoms with van der Waals surface area (Å²) in [6, 6.07) is 6.22. The summed E-state index contributed by atoms with van der Waals surface area (Å²) in [6.45, 7) is 1.58. The number of nitro benzene ring substituents is 1. The van der Waals surface area contributed by atoms with Crippen LogP contribution in [-0.4, -0.2) is 41.8 Å². The molecule has 1 aliphatic rings. The van der Waals surface area contributed by atoms with Gasteiger partial charge in [-0.25, -0.2) is 0 Å². The van der Waals surface area contributed by atoms with Crippen molar-refractivity contribution >= 4 is 17.3 Å². The summed E-state index contributed by atoms with van der Waals surface area (Å²) in [5.41, 5.74) is 0.878. The normalized spacial score (nSPS) is 19.2. The number of carboxylic acids is 1. The van der Waals surface area contributed by atoms with Crippen molar-refractivity contribution in [2.45, 2.75) is 12.5 Å². The van der Waals surface area contributed by atoms with Crippen LogP contribution in [0.4, 0.5) is 11.4 Å². The first-order valence-corrected chi connectivity index (χ1v) is 5.89. The molecule has 0 aliphatic carbocycles. The van der Waals surface area contributed by atoms with Crippen LogP contribution in [0.2, 0.25) is 0 Å². The van der Waals surface area contributed by atoms with Crippen LogP contribution in [0.3, 0.4) is 0 Å². The number of nitro groups is 1. The first-order chi connectivity index (χ1) is 9.06. The third kappa shape index (κ3) is 3.41. The van der Waals surface area contributed by atoms with E-state index < -0.39 is 10.9 Å². The molecule has 1 atom stereocenters. The predicted octanol–water partition coefficient (Wildman–Crippen LogP) is 1.27. The van der Waals surface area contributed by atoms with E-state index in [0.717, 1.165) is 5.69 Å². The number of aliphatic carboxylic acids is 1. The van der Waals surface area contributed by atoms with Gasteiger partial charge in [0.15, 0.2) is 0 Å². The Labute approximate surface area is 109 Å². The number of benzene rings is 1. The number of carboxylic acid groups (broad SMARTS) is 1. The van der Waals surface area contributed by atoms with Crippen molar-refractivity contribution in [3.63, 3.8) is 0 Å². The van der Waals surface area contributed by atoms with Crippen LogP contribution in [-0.2, 0) is 9.53 Å². The van der Waals surface area contributed by atoms with Gasteiger partial charge in [-0.2, -0.15) is 0 Å². The quantitative estimate of drug-likeness (QED) is 0.651. The maximum absolute atomic E-state index is 10.7. The monoisotopic (exact) mass is 266 g/mol. The number of non-ortho nitro benzene ring substituents is 1. The lowest BCUT2D eigenvalue weighted by Gasteiger charge is -2.33. The highest BCUT2D eigenvalue weighted by Crippen LogP contribution is 2.22. The Morgan fingerprint density at radius 1 is 1.47 bits per heavy atom. The van der Waals surface area contributed by atoms with Gasteiger partial charge in [-0.3, -0.25) is 14.9 Å². The zero-order valence-electron chi connectivity index (χ0n) is 10.2. The summed E-state index contributed by atoms with van der Waals surface area (Å²) in [6.07, 6.45) is -0.384. The highest BCUT2D eigenvalue weighted by molar-refractivity contribution is 5.67. The summed E-state index contributed by atoms with van der Waals surface area (Å²) in [7, 11) is 0. The van der Waals surface area contributed by atoms with Crippen molar-refractivity contribution in [3.8, 4) is 0 Å².